The Labute approximate surface area is 110 Å². The van der Waals surface area contributed by atoms with Crippen LogP contribution in [0.5, 0.6) is 0 Å². The minimum absolute atomic E-state index is 0.00577. The third-order valence-corrected chi connectivity index (χ3v) is 3.18. The van der Waals surface area contributed by atoms with E-state index >= 15 is 0 Å². The smallest absolute Gasteiger partial charge is 0.213 e. The standard InChI is InChI=1S/C12H6BrF2N3/c13-10-11(15)7(5-16)3-8(12(10)17)6-1-2-18-9(14)4-6/h1-4H,17H2. The van der Waals surface area contributed by atoms with Crippen LogP contribution in [0.1, 0.15) is 5.56 Å². The lowest BCUT2D eigenvalue weighted by molar-refractivity contribution is 0.584. The van der Waals surface area contributed by atoms with Crippen LogP contribution in [-0.2, 0) is 0 Å². The summed E-state index contributed by atoms with van der Waals surface area (Å²) in [7, 11) is 0. The molecule has 2 rings (SSSR count). The lowest BCUT2D eigenvalue weighted by Crippen LogP contribution is -1.98. The number of hydrogen-bond acceptors (Lipinski definition) is 3. The molecule has 0 spiro atoms. The van der Waals surface area contributed by atoms with Crippen LogP contribution < -0.4 is 5.73 Å². The van der Waals surface area contributed by atoms with Crippen molar-refractivity contribution in [3.63, 3.8) is 0 Å². The predicted molar refractivity (Wildman–Crippen MR) is 66.4 cm³/mol. The summed E-state index contributed by atoms with van der Waals surface area (Å²) in [5.41, 5.74) is 6.50. The van der Waals surface area contributed by atoms with Crippen LogP contribution >= 0.6 is 15.9 Å². The molecule has 1 heterocycles. The van der Waals surface area contributed by atoms with Crippen molar-refractivity contribution in [2.24, 2.45) is 0 Å². The van der Waals surface area contributed by atoms with Crippen LogP contribution in [0.25, 0.3) is 11.1 Å². The summed E-state index contributed by atoms with van der Waals surface area (Å²) in [6, 6.07) is 5.69. The highest BCUT2D eigenvalue weighted by Gasteiger charge is 2.15. The van der Waals surface area contributed by atoms with Crippen LogP contribution in [0.3, 0.4) is 0 Å². The highest BCUT2D eigenvalue weighted by atomic mass is 79.9. The lowest BCUT2D eigenvalue weighted by Gasteiger charge is -2.09. The minimum Gasteiger partial charge on any atom is -0.397 e. The number of nitrogen functional groups attached to an aromatic ring is 1. The Hall–Kier alpha value is -2.00. The van der Waals surface area contributed by atoms with Crippen molar-refractivity contribution < 1.29 is 8.78 Å². The van der Waals surface area contributed by atoms with Crippen LogP contribution in [0, 0.1) is 23.1 Å². The first kappa shape index (κ1) is 12.5. The summed E-state index contributed by atoms with van der Waals surface area (Å²) < 4.78 is 26.6. The van der Waals surface area contributed by atoms with Crippen molar-refractivity contribution in [2.45, 2.75) is 0 Å². The molecule has 0 atom stereocenters. The molecule has 1 aromatic heterocycles. The molecular weight excluding hydrogens is 304 g/mol. The van der Waals surface area contributed by atoms with Crippen molar-refractivity contribution in [1.29, 1.82) is 5.26 Å². The third-order valence-electron chi connectivity index (χ3n) is 2.40. The first-order valence-corrected chi connectivity index (χ1v) is 5.63. The fourth-order valence-corrected chi connectivity index (χ4v) is 1.96. The van der Waals surface area contributed by atoms with Crippen molar-refractivity contribution in [3.05, 3.63) is 46.2 Å². The maximum Gasteiger partial charge on any atom is 0.213 e. The fourth-order valence-electron chi connectivity index (χ4n) is 1.53. The van der Waals surface area contributed by atoms with E-state index in [0.717, 1.165) is 6.07 Å². The molecular formula is C12H6BrF2N3. The Morgan fingerprint density at radius 2 is 2.06 bits per heavy atom. The molecule has 0 aliphatic rings. The van der Waals surface area contributed by atoms with E-state index < -0.39 is 11.8 Å². The van der Waals surface area contributed by atoms with E-state index in [2.05, 4.69) is 20.9 Å². The summed E-state index contributed by atoms with van der Waals surface area (Å²) in [6.07, 6.45) is 1.27. The minimum atomic E-state index is -0.728. The molecule has 0 amide bonds. The van der Waals surface area contributed by atoms with E-state index in [0.29, 0.717) is 11.1 Å². The lowest BCUT2D eigenvalue weighted by atomic mass is 10.0. The van der Waals surface area contributed by atoms with Gasteiger partial charge in [0.15, 0.2) is 5.82 Å². The number of nitriles is 1. The highest BCUT2D eigenvalue weighted by Crippen LogP contribution is 2.35. The van der Waals surface area contributed by atoms with Crippen LogP contribution in [0.15, 0.2) is 28.9 Å². The Morgan fingerprint density at radius 1 is 1.33 bits per heavy atom. The number of anilines is 1. The van der Waals surface area contributed by atoms with E-state index in [1.54, 1.807) is 6.07 Å². The molecule has 1 aromatic carbocycles. The van der Waals surface area contributed by atoms with Gasteiger partial charge in [0.25, 0.3) is 0 Å². The number of benzene rings is 1. The maximum absolute atomic E-state index is 13.6. The molecule has 3 nitrogen and oxygen atoms in total. The van der Waals surface area contributed by atoms with E-state index in [-0.39, 0.29) is 15.7 Å². The zero-order valence-electron chi connectivity index (χ0n) is 8.92. The van der Waals surface area contributed by atoms with Gasteiger partial charge in [0, 0.05) is 17.8 Å². The van der Waals surface area contributed by atoms with Gasteiger partial charge in [0.1, 0.15) is 6.07 Å². The van der Waals surface area contributed by atoms with Gasteiger partial charge in [-0.3, -0.25) is 0 Å². The second kappa shape index (κ2) is 4.70. The Kier molecular flexibility index (Phi) is 3.26. The number of rotatable bonds is 1. The SMILES string of the molecule is N#Cc1cc(-c2ccnc(F)c2)c(N)c(Br)c1F. The summed E-state index contributed by atoms with van der Waals surface area (Å²) in [4.78, 5) is 3.42. The Morgan fingerprint density at radius 3 is 2.67 bits per heavy atom. The number of hydrogen-bond donors (Lipinski definition) is 1. The second-order valence-electron chi connectivity index (χ2n) is 3.49. The molecule has 0 radical (unpaired) electrons. The highest BCUT2D eigenvalue weighted by molar-refractivity contribution is 9.10. The molecule has 0 saturated heterocycles. The molecule has 0 aliphatic heterocycles. The topological polar surface area (TPSA) is 62.7 Å². The van der Waals surface area contributed by atoms with Crippen LogP contribution in [0.2, 0.25) is 0 Å². The average Bonchev–Trinajstić information content (AvgIpc) is 2.36. The monoisotopic (exact) mass is 309 g/mol. The molecule has 2 N–H and O–H groups in total. The molecule has 6 heteroatoms. The zero-order chi connectivity index (χ0) is 13.3. The van der Waals surface area contributed by atoms with Gasteiger partial charge in [-0.15, -0.1) is 0 Å². The molecule has 0 fully saturated rings. The first-order valence-electron chi connectivity index (χ1n) is 4.84. The molecule has 2 aromatic rings. The number of halogens is 3. The van der Waals surface area contributed by atoms with E-state index in [1.807, 2.05) is 0 Å². The van der Waals surface area contributed by atoms with Gasteiger partial charge in [0.05, 0.1) is 15.7 Å². The van der Waals surface area contributed by atoms with Gasteiger partial charge >= 0.3 is 0 Å². The first-order chi connectivity index (χ1) is 8.54. The van der Waals surface area contributed by atoms with Crippen LogP contribution in [-0.4, -0.2) is 4.98 Å². The second-order valence-corrected chi connectivity index (χ2v) is 4.29. The molecule has 0 bridgehead atoms. The molecule has 90 valence electrons. The quantitative estimate of drug-likeness (QED) is 0.649. The largest absolute Gasteiger partial charge is 0.397 e. The van der Waals surface area contributed by atoms with Crippen molar-refractivity contribution >= 4 is 21.6 Å². The van der Waals surface area contributed by atoms with Crippen molar-refractivity contribution in [3.8, 4) is 17.2 Å². The molecule has 0 aliphatic carbocycles. The van der Waals surface area contributed by atoms with Gasteiger partial charge in [-0.25, -0.2) is 9.37 Å². The maximum atomic E-state index is 13.6. The fraction of sp³-hybridized carbons (Fsp3) is 0. The van der Waals surface area contributed by atoms with E-state index in [9.17, 15) is 8.78 Å². The number of aromatic nitrogens is 1. The van der Waals surface area contributed by atoms with E-state index in [1.165, 1.54) is 18.3 Å². The van der Waals surface area contributed by atoms with Crippen molar-refractivity contribution in [2.75, 3.05) is 5.73 Å². The van der Waals surface area contributed by atoms with Gasteiger partial charge < -0.3 is 5.73 Å². The van der Waals surface area contributed by atoms with E-state index in [4.69, 9.17) is 11.0 Å². The third kappa shape index (κ3) is 2.05. The zero-order valence-corrected chi connectivity index (χ0v) is 10.5. The van der Waals surface area contributed by atoms with Gasteiger partial charge in [0.2, 0.25) is 5.95 Å². The van der Waals surface area contributed by atoms with Gasteiger partial charge in [-0.1, -0.05) is 0 Å². The molecule has 0 saturated carbocycles. The molecule has 18 heavy (non-hydrogen) atoms. The Bertz CT molecular complexity index is 665. The summed E-state index contributed by atoms with van der Waals surface area (Å²) >= 11 is 2.98. The number of pyridine rings is 1. The number of nitrogens with two attached hydrogens (primary N) is 1. The summed E-state index contributed by atoms with van der Waals surface area (Å²) in [5, 5.41) is 8.82. The molecule has 0 unspecified atom stereocenters. The number of nitrogens with zero attached hydrogens (tertiary/aromatic N) is 2. The normalized spacial score (nSPS) is 10.1. The summed E-state index contributed by atoms with van der Waals surface area (Å²) in [6.45, 7) is 0. The van der Waals surface area contributed by atoms with Gasteiger partial charge in [-0.05, 0) is 33.6 Å². The predicted octanol–water partition coefficient (Wildman–Crippen LogP) is 3.24. The average molecular weight is 310 g/mol. The Balaban J connectivity index is 2.73. The van der Waals surface area contributed by atoms with Crippen molar-refractivity contribution in [1.82, 2.24) is 4.98 Å². The summed E-state index contributed by atoms with van der Waals surface area (Å²) in [5.74, 6) is -1.40. The van der Waals surface area contributed by atoms with Crippen LogP contribution in [0.4, 0.5) is 14.5 Å². The van der Waals surface area contributed by atoms with Gasteiger partial charge in [-0.2, -0.15) is 9.65 Å².